The van der Waals surface area contributed by atoms with Crippen LogP contribution in [0.4, 0.5) is 25.0 Å². The van der Waals surface area contributed by atoms with E-state index in [9.17, 15) is 28.0 Å². The fourth-order valence-corrected chi connectivity index (χ4v) is 3.69. The number of ether oxygens (including phenoxy) is 2. The number of hydrogen-bond donors (Lipinski definition) is 2. The van der Waals surface area contributed by atoms with Crippen LogP contribution in [0.1, 0.15) is 27.1 Å². The molecule has 0 radical (unpaired) electrons. The van der Waals surface area contributed by atoms with Crippen LogP contribution in [0, 0.1) is 11.6 Å². The number of urea groups is 1. The summed E-state index contributed by atoms with van der Waals surface area (Å²) < 4.78 is 36.2. The smallest absolute Gasteiger partial charge is 0.337 e. The summed E-state index contributed by atoms with van der Waals surface area (Å²) in [5, 5.41) is 5.10. The highest BCUT2D eigenvalue weighted by Gasteiger charge is 2.22. The van der Waals surface area contributed by atoms with Crippen molar-refractivity contribution in [2.24, 2.45) is 0 Å². The molecule has 1 saturated heterocycles. The quantitative estimate of drug-likeness (QED) is 0.581. The van der Waals surface area contributed by atoms with Gasteiger partial charge in [-0.25, -0.2) is 23.2 Å². The SMILES string of the molecule is COC(=O)c1cc(NC(=O)N2CCCN(CC(=O)Nc3ccc(F)cc3F)CC2)cc(C(=O)OC)c1. The third-order valence-corrected chi connectivity index (χ3v) is 5.47. The Balaban J connectivity index is 1.60. The van der Waals surface area contributed by atoms with E-state index in [0.717, 1.165) is 12.1 Å². The Kier molecular flexibility index (Phi) is 8.90. The van der Waals surface area contributed by atoms with Gasteiger partial charge in [0.25, 0.3) is 0 Å². The fraction of sp³-hybridized carbons (Fsp3) is 0.333. The lowest BCUT2D eigenvalue weighted by Gasteiger charge is -2.22. The Hall–Kier alpha value is -4.06. The third-order valence-electron chi connectivity index (χ3n) is 5.47. The molecule has 1 heterocycles. The van der Waals surface area contributed by atoms with Gasteiger partial charge in [0.05, 0.1) is 37.6 Å². The van der Waals surface area contributed by atoms with E-state index in [-0.39, 0.29) is 29.0 Å². The number of carbonyl (C=O) groups is 4. The van der Waals surface area contributed by atoms with Crippen LogP contribution in [0.5, 0.6) is 0 Å². The van der Waals surface area contributed by atoms with E-state index < -0.39 is 35.5 Å². The van der Waals surface area contributed by atoms with Crippen molar-refractivity contribution in [1.82, 2.24) is 9.80 Å². The van der Waals surface area contributed by atoms with Gasteiger partial charge in [0, 0.05) is 37.9 Å². The monoisotopic (exact) mass is 504 g/mol. The van der Waals surface area contributed by atoms with Crippen LogP contribution in [0.15, 0.2) is 36.4 Å². The number of hydrogen-bond acceptors (Lipinski definition) is 7. The van der Waals surface area contributed by atoms with Gasteiger partial charge in [-0.15, -0.1) is 0 Å². The maximum Gasteiger partial charge on any atom is 0.337 e. The molecule has 10 nitrogen and oxygen atoms in total. The molecule has 0 unspecified atom stereocenters. The first-order valence-electron chi connectivity index (χ1n) is 11.0. The van der Waals surface area contributed by atoms with Crippen LogP contribution < -0.4 is 10.6 Å². The lowest BCUT2D eigenvalue weighted by Crippen LogP contribution is -2.39. The number of halogens is 2. The number of amides is 3. The highest BCUT2D eigenvalue weighted by molar-refractivity contribution is 5.99. The second kappa shape index (κ2) is 12.1. The Morgan fingerprint density at radius 1 is 0.861 bits per heavy atom. The zero-order chi connectivity index (χ0) is 26.2. The average Bonchev–Trinajstić information content (AvgIpc) is 3.10. The maximum atomic E-state index is 13.8. The standard InChI is InChI=1S/C24H26F2N4O6/c1-35-22(32)15-10-16(23(33)36-2)12-18(11-15)27-24(34)30-7-3-6-29(8-9-30)14-21(31)28-20-5-4-17(25)13-19(20)26/h4-5,10-13H,3,6-9,14H2,1-2H3,(H,27,34)(H,28,31). The lowest BCUT2D eigenvalue weighted by molar-refractivity contribution is -0.117. The van der Waals surface area contributed by atoms with Gasteiger partial charge in [0.1, 0.15) is 11.6 Å². The number of benzene rings is 2. The molecule has 0 atom stereocenters. The van der Waals surface area contributed by atoms with E-state index in [1.54, 1.807) is 4.90 Å². The van der Waals surface area contributed by atoms with Crippen LogP contribution in [0.2, 0.25) is 0 Å². The number of nitrogens with one attached hydrogen (secondary N) is 2. The first kappa shape index (κ1) is 26.5. The molecular formula is C24H26F2N4O6. The van der Waals surface area contributed by atoms with Crippen molar-refractivity contribution in [1.29, 1.82) is 0 Å². The van der Waals surface area contributed by atoms with Crippen molar-refractivity contribution >= 4 is 35.3 Å². The number of methoxy groups -OCH3 is 2. The highest BCUT2D eigenvalue weighted by atomic mass is 19.1. The van der Waals surface area contributed by atoms with Gasteiger partial charge in [0.2, 0.25) is 5.91 Å². The molecule has 0 spiro atoms. The van der Waals surface area contributed by atoms with Crippen LogP contribution in [0.25, 0.3) is 0 Å². The summed E-state index contributed by atoms with van der Waals surface area (Å²) in [6, 6.07) is 6.52. The van der Waals surface area contributed by atoms with E-state index >= 15 is 0 Å². The minimum absolute atomic E-state index is 0.0318. The topological polar surface area (TPSA) is 117 Å². The lowest BCUT2D eigenvalue weighted by atomic mass is 10.1. The summed E-state index contributed by atoms with van der Waals surface area (Å²) in [5.41, 5.74) is 0.241. The zero-order valence-electron chi connectivity index (χ0n) is 19.8. The summed E-state index contributed by atoms with van der Waals surface area (Å²) in [6.45, 7) is 1.56. The molecule has 1 aliphatic heterocycles. The van der Waals surface area contributed by atoms with Crippen LogP contribution >= 0.6 is 0 Å². The van der Waals surface area contributed by atoms with Crippen molar-refractivity contribution in [2.75, 3.05) is 57.6 Å². The molecule has 0 bridgehead atoms. The summed E-state index contributed by atoms with van der Waals surface area (Å²) >= 11 is 0. The Bertz CT molecular complexity index is 1130. The number of nitrogens with zero attached hydrogens (tertiary/aromatic N) is 2. The van der Waals surface area contributed by atoms with E-state index in [1.807, 2.05) is 4.90 Å². The summed E-state index contributed by atoms with van der Waals surface area (Å²) in [6.07, 6.45) is 0.571. The molecule has 0 aromatic heterocycles. The van der Waals surface area contributed by atoms with Crippen LogP contribution in [0.3, 0.4) is 0 Å². The number of esters is 2. The minimum Gasteiger partial charge on any atom is -0.465 e. The molecule has 192 valence electrons. The van der Waals surface area contributed by atoms with Gasteiger partial charge in [-0.1, -0.05) is 0 Å². The van der Waals surface area contributed by atoms with Crippen molar-refractivity contribution in [3.63, 3.8) is 0 Å². The summed E-state index contributed by atoms with van der Waals surface area (Å²) in [7, 11) is 2.40. The van der Waals surface area contributed by atoms with Gasteiger partial charge in [-0.3, -0.25) is 9.69 Å². The van der Waals surface area contributed by atoms with E-state index in [0.29, 0.717) is 38.7 Å². The van der Waals surface area contributed by atoms with Crippen LogP contribution in [-0.4, -0.2) is 80.6 Å². The van der Waals surface area contributed by atoms with E-state index in [4.69, 9.17) is 9.47 Å². The zero-order valence-corrected chi connectivity index (χ0v) is 19.8. The van der Waals surface area contributed by atoms with Crippen LogP contribution in [-0.2, 0) is 14.3 Å². The minimum atomic E-state index is -0.867. The predicted octanol–water partition coefficient (Wildman–Crippen LogP) is 2.72. The molecule has 36 heavy (non-hydrogen) atoms. The molecule has 2 N–H and O–H groups in total. The molecule has 0 aliphatic carbocycles. The number of anilines is 2. The first-order valence-corrected chi connectivity index (χ1v) is 11.0. The molecule has 2 aromatic rings. The normalized spacial score (nSPS) is 13.9. The number of carbonyl (C=O) groups excluding carboxylic acids is 4. The fourth-order valence-electron chi connectivity index (χ4n) is 3.69. The molecule has 3 rings (SSSR count). The van der Waals surface area contributed by atoms with E-state index in [2.05, 4.69) is 10.6 Å². The van der Waals surface area contributed by atoms with Gasteiger partial charge < -0.3 is 25.0 Å². The molecule has 2 aromatic carbocycles. The molecule has 1 aliphatic rings. The van der Waals surface area contributed by atoms with Gasteiger partial charge in [-0.05, 0) is 36.8 Å². The molecule has 12 heteroatoms. The second-order valence-electron chi connectivity index (χ2n) is 8.00. The number of rotatable bonds is 6. The predicted molar refractivity (Wildman–Crippen MR) is 126 cm³/mol. The molecule has 3 amide bonds. The van der Waals surface area contributed by atoms with Gasteiger partial charge >= 0.3 is 18.0 Å². The van der Waals surface area contributed by atoms with Gasteiger partial charge in [0.15, 0.2) is 0 Å². The Morgan fingerprint density at radius 3 is 2.14 bits per heavy atom. The van der Waals surface area contributed by atoms with Gasteiger partial charge in [-0.2, -0.15) is 0 Å². The molecular weight excluding hydrogens is 478 g/mol. The maximum absolute atomic E-state index is 13.8. The summed E-state index contributed by atoms with van der Waals surface area (Å²) in [5.74, 6) is -3.43. The average molecular weight is 504 g/mol. The third kappa shape index (κ3) is 6.98. The van der Waals surface area contributed by atoms with Crippen molar-refractivity contribution in [3.05, 3.63) is 59.2 Å². The Morgan fingerprint density at radius 2 is 1.53 bits per heavy atom. The van der Waals surface area contributed by atoms with Crippen molar-refractivity contribution in [3.8, 4) is 0 Å². The summed E-state index contributed by atoms with van der Waals surface area (Å²) in [4.78, 5) is 52.5. The largest absolute Gasteiger partial charge is 0.465 e. The van der Waals surface area contributed by atoms with Crippen molar-refractivity contribution in [2.45, 2.75) is 6.42 Å². The Labute approximate surface area is 206 Å². The highest BCUT2D eigenvalue weighted by Crippen LogP contribution is 2.18. The van der Waals surface area contributed by atoms with E-state index in [1.165, 1.54) is 32.4 Å². The first-order chi connectivity index (χ1) is 17.2. The molecule has 0 saturated carbocycles. The molecule has 1 fully saturated rings. The van der Waals surface area contributed by atoms with Crippen molar-refractivity contribution < 1.29 is 37.4 Å². The second-order valence-corrected chi connectivity index (χ2v) is 8.00.